The van der Waals surface area contributed by atoms with Gasteiger partial charge in [0.2, 0.25) is 11.2 Å². The van der Waals surface area contributed by atoms with Gasteiger partial charge in [0.05, 0.1) is 6.26 Å². The highest BCUT2D eigenvalue weighted by atomic mass is 16.5. The topological polar surface area (TPSA) is 42.7 Å². The fourth-order valence-corrected chi connectivity index (χ4v) is 2.47. The SMILES string of the molecule is O=c1ccoc(/C=C/N2CCCC2)c1OCc1ccccc1. The molecule has 0 spiro atoms. The molecule has 0 N–H and O–H groups in total. The summed E-state index contributed by atoms with van der Waals surface area (Å²) in [6, 6.07) is 11.1. The van der Waals surface area contributed by atoms with Crippen LogP contribution in [0.3, 0.4) is 0 Å². The maximum Gasteiger partial charge on any atom is 0.227 e. The van der Waals surface area contributed by atoms with Crippen LogP contribution in [0.1, 0.15) is 24.2 Å². The Morgan fingerprint density at radius 2 is 1.91 bits per heavy atom. The normalized spacial score (nSPS) is 14.6. The predicted molar refractivity (Wildman–Crippen MR) is 85.6 cm³/mol. The van der Waals surface area contributed by atoms with Gasteiger partial charge in [-0.2, -0.15) is 0 Å². The fraction of sp³-hybridized carbons (Fsp3) is 0.278. The van der Waals surface area contributed by atoms with Crippen LogP contribution in [0, 0.1) is 0 Å². The van der Waals surface area contributed by atoms with Crippen LogP contribution in [-0.4, -0.2) is 18.0 Å². The van der Waals surface area contributed by atoms with Crippen molar-refractivity contribution in [1.29, 1.82) is 0 Å². The monoisotopic (exact) mass is 297 g/mol. The molecule has 4 heteroatoms. The number of hydrogen-bond donors (Lipinski definition) is 0. The number of benzene rings is 1. The first-order valence-electron chi connectivity index (χ1n) is 7.54. The van der Waals surface area contributed by atoms with Crippen molar-refractivity contribution in [3.63, 3.8) is 0 Å². The van der Waals surface area contributed by atoms with Gasteiger partial charge >= 0.3 is 0 Å². The van der Waals surface area contributed by atoms with Crippen LogP contribution >= 0.6 is 0 Å². The van der Waals surface area contributed by atoms with Crippen molar-refractivity contribution in [2.45, 2.75) is 19.4 Å². The summed E-state index contributed by atoms with van der Waals surface area (Å²) in [6.07, 6.45) is 7.61. The molecule has 1 saturated heterocycles. The van der Waals surface area contributed by atoms with Gasteiger partial charge in [0.25, 0.3) is 0 Å². The minimum absolute atomic E-state index is 0.164. The maximum absolute atomic E-state index is 12.0. The molecular weight excluding hydrogens is 278 g/mol. The van der Waals surface area contributed by atoms with E-state index >= 15 is 0 Å². The Balaban J connectivity index is 1.76. The third kappa shape index (κ3) is 3.58. The molecule has 0 radical (unpaired) electrons. The lowest BCUT2D eigenvalue weighted by Gasteiger charge is -2.11. The Bertz CT molecular complexity index is 685. The molecule has 1 aromatic heterocycles. The maximum atomic E-state index is 12.0. The van der Waals surface area contributed by atoms with E-state index in [-0.39, 0.29) is 11.2 Å². The van der Waals surface area contributed by atoms with E-state index in [2.05, 4.69) is 4.90 Å². The molecule has 1 aromatic carbocycles. The highest BCUT2D eigenvalue weighted by molar-refractivity contribution is 5.50. The molecule has 1 aliphatic heterocycles. The third-order valence-electron chi connectivity index (χ3n) is 3.67. The molecule has 0 atom stereocenters. The first-order chi connectivity index (χ1) is 10.8. The molecule has 0 saturated carbocycles. The van der Waals surface area contributed by atoms with Gasteiger partial charge in [0.15, 0.2) is 5.76 Å². The van der Waals surface area contributed by atoms with E-state index in [9.17, 15) is 4.79 Å². The van der Waals surface area contributed by atoms with E-state index in [4.69, 9.17) is 9.15 Å². The number of hydrogen-bond acceptors (Lipinski definition) is 4. The minimum atomic E-state index is -0.164. The van der Waals surface area contributed by atoms with Gasteiger partial charge in [0, 0.05) is 31.4 Å². The zero-order chi connectivity index (χ0) is 15.2. The Morgan fingerprint density at radius 1 is 1.14 bits per heavy atom. The lowest BCUT2D eigenvalue weighted by atomic mass is 10.2. The molecule has 2 heterocycles. The van der Waals surface area contributed by atoms with E-state index in [1.807, 2.05) is 42.6 Å². The first-order valence-corrected chi connectivity index (χ1v) is 7.54. The summed E-state index contributed by atoms with van der Waals surface area (Å²) in [5.41, 5.74) is 0.850. The van der Waals surface area contributed by atoms with Crippen LogP contribution in [0.4, 0.5) is 0 Å². The average molecular weight is 297 g/mol. The number of nitrogens with zero attached hydrogens (tertiary/aromatic N) is 1. The molecule has 0 bridgehead atoms. The molecular formula is C18H19NO3. The Hall–Kier alpha value is -2.49. The Labute approximate surface area is 129 Å². The van der Waals surface area contributed by atoms with Gasteiger partial charge in [-0.1, -0.05) is 30.3 Å². The van der Waals surface area contributed by atoms with Crippen molar-refractivity contribution in [3.8, 4) is 5.75 Å². The zero-order valence-electron chi connectivity index (χ0n) is 12.4. The fourth-order valence-electron chi connectivity index (χ4n) is 2.47. The molecule has 0 amide bonds. The van der Waals surface area contributed by atoms with Crippen LogP contribution in [-0.2, 0) is 6.61 Å². The van der Waals surface area contributed by atoms with Crippen molar-refractivity contribution in [2.75, 3.05) is 13.1 Å². The Morgan fingerprint density at radius 3 is 2.68 bits per heavy atom. The number of likely N-dealkylation sites (tertiary alicyclic amines) is 1. The second-order valence-electron chi connectivity index (χ2n) is 5.31. The highest BCUT2D eigenvalue weighted by Gasteiger charge is 2.11. The molecule has 0 unspecified atom stereocenters. The molecule has 1 fully saturated rings. The summed E-state index contributed by atoms with van der Waals surface area (Å²) in [6.45, 7) is 2.45. The summed E-state index contributed by atoms with van der Waals surface area (Å²) in [5, 5.41) is 0. The van der Waals surface area contributed by atoms with Crippen LogP contribution in [0.5, 0.6) is 5.75 Å². The minimum Gasteiger partial charge on any atom is -0.481 e. The van der Waals surface area contributed by atoms with Crippen LogP contribution in [0.25, 0.3) is 6.08 Å². The van der Waals surface area contributed by atoms with Gasteiger partial charge in [0.1, 0.15) is 6.61 Å². The second-order valence-corrected chi connectivity index (χ2v) is 5.31. The van der Waals surface area contributed by atoms with Crippen molar-refractivity contribution in [1.82, 2.24) is 4.90 Å². The molecule has 22 heavy (non-hydrogen) atoms. The van der Waals surface area contributed by atoms with Crippen molar-refractivity contribution >= 4 is 6.08 Å². The summed E-state index contributed by atoms with van der Waals surface area (Å²) in [7, 11) is 0. The highest BCUT2D eigenvalue weighted by Crippen LogP contribution is 2.18. The van der Waals surface area contributed by atoms with Gasteiger partial charge in [-0.3, -0.25) is 4.79 Å². The standard InChI is InChI=1S/C18H19NO3/c20-16-9-13-21-17(8-12-19-10-4-5-11-19)18(16)22-14-15-6-2-1-3-7-15/h1-3,6-9,12-13H,4-5,10-11,14H2/b12-8+. The average Bonchev–Trinajstić information content (AvgIpc) is 3.06. The summed E-state index contributed by atoms with van der Waals surface area (Å²) in [4.78, 5) is 14.2. The summed E-state index contributed by atoms with van der Waals surface area (Å²) >= 11 is 0. The quantitative estimate of drug-likeness (QED) is 0.849. The van der Waals surface area contributed by atoms with Crippen molar-refractivity contribution in [2.24, 2.45) is 0 Å². The van der Waals surface area contributed by atoms with E-state index in [1.165, 1.54) is 25.2 Å². The predicted octanol–water partition coefficient (Wildman–Crippen LogP) is 3.29. The summed E-state index contributed by atoms with van der Waals surface area (Å²) < 4.78 is 11.1. The molecule has 1 aliphatic rings. The van der Waals surface area contributed by atoms with Crippen LogP contribution in [0.15, 0.2) is 58.1 Å². The zero-order valence-corrected chi connectivity index (χ0v) is 12.4. The van der Waals surface area contributed by atoms with Gasteiger partial charge in [-0.25, -0.2) is 0 Å². The first kappa shape index (κ1) is 14.4. The van der Waals surface area contributed by atoms with Crippen molar-refractivity contribution < 1.29 is 9.15 Å². The number of rotatable bonds is 5. The van der Waals surface area contributed by atoms with Gasteiger partial charge in [-0.05, 0) is 18.4 Å². The van der Waals surface area contributed by atoms with Crippen LogP contribution < -0.4 is 10.2 Å². The van der Waals surface area contributed by atoms with E-state index < -0.39 is 0 Å². The second kappa shape index (κ2) is 6.98. The molecule has 3 rings (SSSR count). The van der Waals surface area contributed by atoms with E-state index in [0.717, 1.165) is 18.7 Å². The smallest absolute Gasteiger partial charge is 0.227 e. The lowest BCUT2D eigenvalue weighted by Crippen LogP contribution is -2.11. The molecule has 4 nitrogen and oxygen atoms in total. The summed E-state index contributed by atoms with van der Waals surface area (Å²) in [5.74, 6) is 0.733. The number of ether oxygens (including phenoxy) is 1. The Kier molecular flexibility index (Phi) is 4.59. The van der Waals surface area contributed by atoms with Gasteiger partial charge < -0.3 is 14.1 Å². The molecule has 114 valence electrons. The van der Waals surface area contributed by atoms with Gasteiger partial charge in [-0.15, -0.1) is 0 Å². The third-order valence-corrected chi connectivity index (χ3v) is 3.67. The lowest BCUT2D eigenvalue weighted by molar-refractivity contribution is 0.290. The van der Waals surface area contributed by atoms with Crippen molar-refractivity contribution in [3.05, 3.63) is 70.4 Å². The van der Waals surface area contributed by atoms with E-state index in [0.29, 0.717) is 12.4 Å². The van der Waals surface area contributed by atoms with E-state index in [1.54, 1.807) is 0 Å². The largest absolute Gasteiger partial charge is 0.481 e. The van der Waals surface area contributed by atoms with Crippen LogP contribution in [0.2, 0.25) is 0 Å². The molecule has 0 aliphatic carbocycles. The molecule has 2 aromatic rings.